The molecule has 0 aliphatic rings. The van der Waals surface area contributed by atoms with Crippen molar-refractivity contribution in [3.63, 3.8) is 0 Å². The van der Waals surface area contributed by atoms with E-state index in [9.17, 15) is 18.0 Å². The van der Waals surface area contributed by atoms with Gasteiger partial charge in [-0.3, -0.25) is 9.59 Å². The zero-order valence-electron chi connectivity index (χ0n) is 17.7. The van der Waals surface area contributed by atoms with Crippen LogP contribution in [0.2, 0.25) is 0 Å². The Hall–Kier alpha value is -3.71. The van der Waals surface area contributed by atoms with Crippen molar-refractivity contribution < 1.29 is 13.2 Å². The molecular formula is C25H22N2O4S. The Balaban J connectivity index is 1.78. The van der Waals surface area contributed by atoms with E-state index >= 15 is 0 Å². The van der Waals surface area contributed by atoms with Gasteiger partial charge in [0.15, 0.2) is 0 Å². The molecule has 0 fully saturated rings. The Kier molecular flexibility index (Phi) is 5.67. The lowest BCUT2D eigenvalue weighted by Crippen LogP contribution is -2.23. The van der Waals surface area contributed by atoms with Crippen LogP contribution in [0.25, 0.3) is 10.9 Å². The zero-order chi connectivity index (χ0) is 22.9. The summed E-state index contributed by atoms with van der Waals surface area (Å²) >= 11 is 0. The van der Waals surface area contributed by atoms with Gasteiger partial charge in [0.05, 0.1) is 10.4 Å². The number of pyridine rings is 1. The summed E-state index contributed by atoms with van der Waals surface area (Å²) in [5.74, 6) is -0.332. The summed E-state index contributed by atoms with van der Waals surface area (Å²) in [7, 11) is -4.06. The first-order valence-electron chi connectivity index (χ1n) is 10.1. The molecule has 0 aliphatic carbocycles. The Morgan fingerprint density at radius 3 is 2.12 bits per heavy atom. The maximum absolute atomic E-state index is 13.3. The number of sulfone groups is 1. The third-order valence-electron chi connectivity index (χ3n) is 5.23. The number of carbonyl (C=O) groups excluding carboxylic acids is 1. The fourth-order valence-electron chi connectivity index (χ4n) is 3.48. The number of hydrogen-bond acceptors (Lipinski definition) is 4. The molecule has 0 saturated heterocycles. The SMILES string of the molecule is Cc1ccc(NC(=O)Cn2cc(S(=O)(=O)c3ccc(C)cc3)c(=O)c3ccccc32)cc1. The largest absolute Gasteiger partial charge is 0.336 e. The molecular weight excluding hydrogens is 424 g/mol. The van der Waals surface area contributed by atoms with E-state index < -0.39 is 15.3 Å². The molecule has 0 spiro atoms. The van der Waals surface area contributed by atoms with E-state index in [1.54, 1.807) is 48.5 Å². The van der Waals surface area contributed by atoms with Gasteiger partial charge in [-0.1, -0.05) is 47.5 Å². The second-order valence-electron chi connectivity index (χ2n) is 7.70. The van der Waals surface area contributed by atoms with Crippen molar-refractivity contribution in [3.8, 4) is 0 Å². The van der Waals surface area contributed by atoms with Crippen LogP contribution >= 0.6 is 0 Å². The van der Waals surface area contributed by atoms with Crippen LogP contribution in [0.3, 0.4) is 0 Å². The highest BCUT2D eigenvalue weighted by molar-refractivity contribution is 7.91. The topological polar surface area (TPSA) is 85.2 Å². The molecule has 7 heteroatoms. The van der Waals surface area contributed by atoms with Crippen molar-refractivity contribution in [1.29, 1.82) is 0 Å². The van der Waals surface area contributed by atoms with E-state index in [4.69, 9.17) is 0 Å². The van der Waals surface area contributed by atoms with Crippen LogP contribution < -0.4 is 10.7 Å². The molecule has 162 valence electrons. The van der Waals surface area contributed by atoms with Gasteiger partial charge in [0.1, 0.15) is 11.4 Å². The Morgan fingerprint density at radius 2 is 1.47 bits per heavy atom. The molecule has 1 amide bonds. The molecule has 6 nitrogen and oxygen atoms in total. The summed E-state index contributed by atoms with van der Waals surface area (Å²) in [6.07, 6.45) is 1.26. The predicted molar refractivity (Wildman–Crippen MR) is 125 cm³/mol. The number of rotatable bonds is 5. The van der Waals surface area contributed by atoms with Crippen LogP contribution in [-0.2, 0) is 21.2 Å². The molecule has 0 bridgehead atoms. The molecule has 3 aromatic carbocycles. The highest BCUT2D eigenvalue weighted by Crippen LogP contribution is 2.22. The molecule has 0 unspecified atom stereocenters. The molecule has 4 aromatic rings. The minimum atomic E-state index is -4.06. The lowest BCUT2D eigenvalue weighted by atomic mass is 10.2. The maximum atomic E-state index is 13.3. The average Bonchev–Trinajstić information content (AvgIpc) is 2.77. The standard InChI is InChI=1S/C25H22N2O4S/c1-17-7-11-19(12-8-17)26-24(28)16-27-15-23(25(29)21-5-3-4-6-22(21)27)32(30,31)20-13-9-18(2)10-14-20/h3-15H,16H2,1-2H3,(H,26,28). The molecule has 1 N–H and O–H groups in total. The first-order chi connectivity index (χ1) is 15.3. The molecule has 0 atom stereocenters. The van der Waals surface area contributed by atoms with Crippen molar-refractivity contribution >= 4 is 32.3 Å². The van der Waals surface area contributed by atoms with Gasteiger partial charge in [-0.05, 0) is 50.2 Å². The second-order valence-corrected chi connectivity index (χ2v) is 9.62. The molecule has 0 saturated carbocycles. The molecule has 1 heterocycles. The van der Waals surface area contributed by atoms with Crippen molar-refractivity contribution in [2.45, 2.75) is 30.2 Å². The van der Waals surface area contributed by atoms with Crippen LogP contribution in [-0.4, -0.2) is 18.9 Å². The smallest absolute Gasteiger partial charge is 0.244 e. The molecule has 4 rings (SSSR count). The molecule has 0 aliphatic heterocycles. The van der Waals surface area contributed by atoms with E-state index in [1.807, 2.05) is 26.0 Å². The average molecular weight is 447 g/mol. The van der Waals surface area contributed by atoms with E-state index in [-0.39, 0.29) is 27.6 Å². The van der Waals surface area contributed by atoms with Gasteiger partial charge in [-0.15, -0.1) is 0 Å². The highest BCUT2D eigenvalue weighted by Gasteiger charge is 2.24. The number of aryl methyl sites for hydroxylation is 2. The van der Waals surface area contributed by atoms with Crippen LogP contribution in [0.1, 0.15) is 11.1 Å². The van der Waals surface area contributed by atoms with Gasteiger partial charge >= 0.3 is 0 Å². The summed E-state index contributed by atoms with van der Waals surface area (Å²) in [4.78, 5) is 25.5. The summed E-state index contributed by atoms with van der Waals surface area (Å²) in [5, 5.41) is 3.05. The van der Waals surface area contributed by atoms with E-state index in [2.05, 4.69) is 5.32 Å². The van der Waals surface area contributed by atoms with Crippen molar-refractivity contribution in [2.24, 2.45) is 0 Å². The first-order valence-corrected chi connectivity index (χ1v) is 11.5. The Morgan fingerprint density at radius 1 is 0.875 bits per heavy atom. The predicted octanol–water partition coefficient (Wildman–Crippen LogP) is 4.09. The normalized spacial score (nSPS) is 11.4. The fraction of sp³-hybridized carbons (Fsp3) is 0.120. The Labute approximate surface area is 186 Å². The lowest BCUT2D eigenvalue weighted by molar-refractivity contribution is -0.116. The number of carbonyl (C=O) groups is 1. The zero-order valence-corrected chi connectivity index (χ0v) is 18.5. The third-order valence-corrected chi connectivity index (χ3v) is 6.99. The number of amides is 1. The quantitative estimate of drug-likeness (QED) is 0.500. The van der Waals surface area contributed by atoms with Crippen LogP contribution in [0, 0.1) is 13.8 Å². The first kappa shape index (κ1) is 21.5. The molecule has 32 heavy (non-hydrogen) atoms. The number of anilines is 1. The van der Waals surface area contributed by atoms with Crippen LogP contribution in [0.15, 0.2) is 93.6 Å². The fourth-order valence-corrected chi connectivity index (χ4v) is 4.85. The van der Waals surface area contributed by atoms with Gasteiger partial charge in [-0.25, -0.2) is 8.42 Å². The van der Waals surface area contributed by atoms with Crippen molar-refractivity contribution in [1.82, 2.24) is 4.57 Å². The van der Waals surface area contributed by atoms with Crippen LogP contribution in [0.4, 0.5) is 5.69 Å². The van der Waals surface area contributed by atoms with Gasteiger partial charge in [0.2, 0.25) is 21.2 Å². The second kappa shape index (κ2) is 8.43. The van der Waals surface area contributed by atoms with E-state index in [0.717, 1.165) is 11.1 Å². The van der Waals surface area contributed by atoms with Crippen LogP contribution in [0.5, 0.6) is 0 Å². The van der Waals surface area contributed by atoms with E-state index in [0.29, 0.717) is 11.2 Å². The minimum Gasteiger partial charge on any atom is -0.336 e. The summed E-state index contributed by atoms with van der Waals surface area (Å²) in [6, 6.07) is 20.4. The number of fused-ring (bicyclic) bond motifs is 1. The van der Waals surface area contributed by atoms with Gasteiger partial charge in [-0.2, -0.15) is 0 Å². The van der Waals surface area contributed by atoms with Gasteiger partial charge < -0.3 is 9.88 Å². The van der Waals surface area contributed by atoms with Gasteiger partial charge in [0, 0.05) is 17.3 Å². The van der Waals surface area contributed by atoms with E-state index in [1.165, 1.54) is 22.9 Å². The highest BCUT2D eigenvalue weighted by atomic mass is 32.2. The van der Waals surface area contributed by atoms with Gasteiger partial charge in [0.25, 0.3) is 0 Å². The van der Waals surface area contributed by atoms with Crippen molar-refractivity contribution in [3.05, 3.63) is 100 Å². The minimum absolute atomic E-state index is 0.0335. The summed E-state index contributed by atoms with van der Waals surface area (Å²) in [6.45, 7) is 3.66. The number of nitrogens with zero attached hydrogens (tertiary/aromatic N) is 1. The van der Waals surface area contributed by atoms with Crippen molar-refractivity contribution in [2.75, 3.05) is 5.32 Å². The number of benzene rings is 3. The third kappa shape index (κ3) is 4.20. The Bertz CT molecular complexity index is 1470. The lowest BCUT2D eigenvalue weighted by Gasteiger charge is -2.14. The number of nitrogens with one attached hydrogen (secondary N) is 1. The maximum Gasteiger partial charge on any atom is 0.244 e. The summed E-state index contributed by atoms with van der Waals surface area (Å²) < 4.78 is 28.0. The molecule has 1 aromatic heterocycles. The number of aromatic nitrogens is 1. The number of hydrogen-bond donors (Lipinski definition) is 1. The molecule has 0 radical (unpaired) electrons. The monoisotopic (exact) mass is 446 g/mol. The summed E-state index contributed by atoms with van der Waals surface area (Å²) in [5.41, 5.74) is 2.52. The number of para-hydroxylation sites is 1.